The summed E-state index contributed by atoms with van der Waals surface area (Å²) in [4.78, 5) is 12.1. The highest BCUT2D eigenvalue weighted by Crippen LogP contribution is 2.24. The molecule has 2 aromatic rings. The van der Waals surface area contributed by atoms with Crippen molar-refractivity contribution in [3.63, 3.8) is 0 Å². The van der Waals surface area contributed by atoms with E-state index in [0.29, 0.717) is 5.56 Å². The van der Waals surface area contributed by atoms with Gasteiger partial charge in [0.2, 0.25) is 0 Å². The number of anilines is 2. The number of amides is 1. The minimum absolute atomic E-state index is 0.0800. The van der Waals surface area contributed by atoms with E-state index in [-0.39, 0.29) is 10.2 Å². The molecule has 0 saturated heterocycles. The summed E-state index contributed by atoms with van der Waals surface area (Å²) in [5.41, 5.74) is 2.11. The lowest BCUT2D eigenvalue weighted by Crippen LogP contribution is -2.13. The van der Waals surface area contributed by atoms with Crippen LogP contribution in [-0.4, -0.2) is 13.0 Å². The van der Waals surface area contributed by atoms with E-state index in [4.69, 9.17) is 0 Å². The average Bonchev–Trinajstić information content (AvgIpc) is 2.44. The molecule has 0 atom stereocenters. The molecule has 1 amide bonds. The van der Waals surface area contributed by atoms with Crippen LogP contribution in [0.4, 0.5) is 20.2 Å². The van der Waals surface area contributed by atoms with Crippen LogP contribution in [0.5, 0.6) is 0 Å². The van der Waals surface area contributed by atoms with Crippen LogP contribution in [0.15, 0.2) is 34.8 Å². The smallest absolute Gasteiger partial charge is 0.255 e. The number of benzene rings is 2. The summed E-state index contributed by atoms with van der Waals surface area (Å²) in [6, 6.07) is 7.00. The Morgan fingerprint density at radius 2 is 1.81 bits per heavy atom. The van der Waals surface area contributed by atoms with Crippen molar-refractivity contribution in [2.75, 3.05) is 17.7 Å². The first-order valence-electron chi connectivity index (χ1n) is 6.16. The first kappa shape index (κ1) is 15.4. The molecule has 0 radical (unpaired) electrons. The molecule has 0 spiro atoms. The Bertz CT molecular complexity index is 704. The number of carbonyl (C=O) groups is 1. The van der Waals surface area contributed by atoms with Crippen molar-refractivity contribution in [2.24, 2.45) is 0 Å². The molecule has 0 unspecified atom stereocenters. The van der Waals surface area contributed by atoms with Gasteiger partial charge in [-0.1, -0.05) is 0 Å². The minimum atomic E-state index is -0.826. The van der Waals surface area contributed by atoms with Gasteiger partial charge in [-0.25, -0.2) is 8.78 Å². The fourth-order valence-corrected chi connectivity index (χ4v) is 2.24. The largest absolute Gasteiger partial charge is 0.388 e. The second kappa shape index (κ2) is 6.22. The maximum Gasteiger partial charge on any atom is 0.255 e. The van der Waals surface area contributed by atoms with Gasteiger partial charge in [-0.15, -0.1) is 0 Å². The molecule has 0 aromatic heterocycles. The zero-order valence-electron chi connectivity index (χ0n) is 11.4. The zero-order valence-corrected chi connectivity index (χ0v) is 13.0. The Labute approximate surface area is 129 Å². The summed E-state index contributed by atoms with van der Waals surface area (Å²) >= 11 is 2.96. The molecule has 0 fully saturated rings. The highest BCUT2D eigenvalue weighted by atomic mass is 79.9. The molecule has 0 aliphatic rings. The third kappa shape index (κ3) is 3.39. The van der Waals surface area contributed by atoms with Gasteiger partial charge in [0.25, 0.3) is 5.91 Å². The number of aryl methyl sites for hydroxylation is 1. The van der Waals surface area contributed by atoms with E-state index in [1.54, 1.807) is 25.2 Å². The molecule has 0 saturated carbocycles. The van der Waals surface area contributed by atoms with Crippen LogP contribution < -0.4 is 10.6 Å². The summed E-state index contributed by atoms with van der Waals surface area (Å²) in [5.74, 6) is -2.01. The van der Waals surface area contributed by atoms with E-state index in [9.17, 15) is 13.6 Å². The van der Waals surface area contributed by atoms with Gasteiger partial charge in [0.15, 0.2) is 0 Å². The van der Waals surface area contributed by atoms with Crippen LogP contribution in [0.25, 0.3) is 0 Å². The van der Waals surface area contributed by atoms with Crippen molar-refractivity contribution in [3.05, 3.63) is 57.6 Å². The molecule has 0 heterocycles. The van der Waals surface area contributed by atoms with Crippen LogP contribution in [0.1, 0.15) is 15.9 Å². The fraction of sp³-hybridized carbons (Fsp3) is 0.133. The summed E-state index contributed by atoms with van der Waals surface area (Å²) in [5, 5.41) is 5.42. The topological polar surface area (TPSA) is 41.1 Å². The van der Waals surface area contributed by atoms with Crippen molar-refractivity contribution < 1.29 is 13.6 Å². The van der Waals surface area contributed by atoms with Crippen LogP contribution >= 0.6 is 15.9 Å². The Hall–Kier alpha value is -1.95. The van der Waals surface area contributed by atoms with Crippen LogP contribution in [0, 0.1) is 18.6 Å². The molecular formula is C15H13BrF2N2O. The Balaban J connectivity index is 2.26. The average molecular weight is 355 g/mol. The van der Waals surface area contributed by atoms with Gasteiger partial charge in [-0.05, 0) is 52.7 Å². The Morgan fingerprint density at radius 3 is 2.43 bits per heavy atom. The number of halogens is 3. The van der Waals surface area contributed by atoms with E-state index in [1.807, 2.05) is 6.92 Å². The third-order valence-corrected chi connectivity index (χ3v) is 3.62. The molecule has 2 N–H and O–H groups in total. The number of nitrogens with one attached hydrogen (secondary N) is 2. The van der Waals surface area contributed by atoms with Gasteiger partial charge < -0.3 is 10.6 Å². The SMILES string of the molecule is CNc1ccc(C(=O)Nc2cc(Br)c(F)cc2F)cc1C. The Morgan fingerprint density at radius 1 is 1.10 bits per heavy atom. The van der Waals surface area contributed by atoms with Crippen molar-refractivity contribution in [2.45, 2.75) is 6.92 Å². The molecule has 0 bridgehead atoms. The summed E-state index contributed by atoms with van der Waals surface area (Å²) in [6.07, 6.45) is 0. The predicted octanol–water partition coefficient (Wildman–Crippen LogP) is 4.33. The van der Waals surface area contributed by atoms with E-state index in [0.717, 1.165) is 17.3 Å². The van der Waals surface area contributed by atoms with Crippen LogP contribution in [0.2, 0.25) is 0 Å². The molecule has 0 aliphatic carbocycles. The van der Waals surface area contributed by atoms with E-state index >= 15 is 0 Å². The van der Waals surface area contributed by atoms with E-state index in [2.05, 4.69) is 26.6 Å². The van der Waals surface area contributed by atoms with Crippen molar-refractivity contribution in [1.82, 2.24) is 0 Å². The zero-order chi connectivity index (χ0) is 15.6. The normalized spacial score (nSPS) is 10.3. The van der Waals surface area contributed by atoms with Gasteiger partial charge in [0, 0.05) is 24.4 Å². The first-order valence-corrected chi connectivity index (χ1v) is 6.96. The molecule has 0 aliphatic heterocycles. The summed E-state index contributed by atoms with van der Waals surface area (Å²) < 4.78 is 26.9. The second-order valence-electron chi connectivity index (χ2n) is 4.48. The minimum Gasteiger partial charge on any atom is -0.388 e. The lowest BCUT2D eigenvalue weighted by molar-refractivity contribution is 0.102. The van der Waals surface area contributed by atoms with Crippen LogP contribution in [-0.2, 0) is 0 Å². The van der Waals surface area contributed by atoms with Gasteiger partial charge in [0.05, 0.1) is 10.2 Å². The molecule has 3 nitrogen and oxygen atoms in total. The fourth-order valence-electron chi connectivity index (χ4n) is 1.90. The van der Waals surface area contributed by atoms with Gasteiger partial charge >= 0.3 is 0 Å². The highest BCUT2D eigenvalue weighted by molar-refractivity contribution is 9.10. The Kier molecular flexibility index (Phi) is 4.57. The van der Waals surface area contributed by atoms with E-state index < -0.39 is 17.5 Å². The molecule has 2 rings (SSSR count). The van der Waals surface area contributed by atoms with Gasteiger partial charge in [0.1, 0.15) is 11.6 Å². The predicted molar refractivity (Wildman–Crippen MR) is 82.7 cm³/mol. The number of rotatable bonds is 3. The quantitative estimate of drug-likeness (QED) is 0.805. The lowest BCUT2D eigenvalue weighted by Gasteiger charge is -2.10. The van der Waals surface area contributed by atoms with E-state index in [1.165, 1.54) is 6.07 Å². The second-order valence-corrected chi connectivity index (χ2v) is 5.33. The van der Waals surface area contributed by atoms with Gasteiger partial charge in [-0.3, -0.25) is 4.79 Å². The summed E-state index contributed by atoms with van der Waals surface area (Å²) in [7, 11) is 1.79. The first-order chi connectivity index (χ1) is 9.92. The summed E-state index contributed by atoms with van der Waals surface area (Å²) in [6.45, 7) is 1.86. The standard InChI is InChI=1S/C15H13BrF2N2O/c1-8-5-9(3-4-13(8)19-2)15(21)20-14-6-10(16)11(17)7-12(14)18/h3-7,19H,1-2H3,(H,20,21). The number of hydrogen-bond donors (Lipinski definition) is 2. The van der Waals surface area contributed by atoms with Crippen molar-refractivity contribution in [1.29, 1.82) is 0 Å². The monoisotopic (exact) mass is 354 g/mol. The molecule has 2 aromatic carbocycles. The van der Waals surface area contributed by atoms with Crippen molar-refractivity contribution >= 4 is 33.2 Å². The maximum absolute atomic E-state index is 13.6. The number of hydrogen-bond acceptors (Lipinski definition) is 2. The molecule has 21 heavy (non-hydrogen) atoms. The van der Waals surface area contributed by atoms with Gasteiger partial charge in [-0.2, -0.15) is 0 Å². The van der Waals surface area contributed by atoms with Crippen molar-refractivity contribution in [3.8, 4) is 0 Å². The highest BCUT2D eigenvalue weighted by Gasteiger charge is 2.13. The molecule has 6 heteroatoms. The third-order valence-electron chi connectivity index (χ3n) is 3.02. The molecular weight excluding hydrogens is 342 g/mol. The van der Waals surface area contributed by atoms with Crippen LogP contribution in [0.3, 0.4) is 0 Å². The lowest BCUT2D eigenvalue weighted by atomic mass is 10.1. The maximum atomic E-state index is 13.6. The number of carbonyl (C=O) groups excluding carboxylic acids is 1. The molecule has 110 valence electrons.